The molecule has 0 atom stereocenters. The molecule has 114 valence electrons. The molecule has 0 bridgehead atoms. The van der Waals surface area contributed by atoms with E-state index >= 15 is 0 Å². The fraction of sp³-hybridized carbons (Fsp3) is 0.643. The molecule has 3 N–H and O–H groups in total. The Morgan fingerprint density at radius 3 is 2.60 bits per heavy atom. The number of hydrogen-bond donors (Lipinski definition) is 2. The fourth-order valence-corrected chi connectivity index (χ4v) is 2.97. The van der Waals surface area contributed by atoms with Gasteiger partial charge in [0.05, 0.1) is 10.7 Å². The van der Waals surface area contributed by atoms with Gasteiger partial charge in [-0.15, -0.1) is 11.3 Å². The van der Waals surface area contributed by atoms with Crippen molar-refractivity contribution < 1.29 is 4.79 Å². The normalized spacial score (nSPS) is 10.8. The number of carbonyl (C=O) groups excluding carboxylic acids is 1. The van der Waals surface area contributed by atoms with Crippen LogP contribution in [0.25, 0.3) is 0 Å². The summed E-state index contributed by atoms with van der Waals surface area (Å²) in [7, 11) is 3.47. The average molecular weight is 298 g/mol. The van der Waals surface area contributed by atoms with Gasteiger partial charge in [0.1, 0.15) is 4.88 Å². The van der Waals surface area contributed by atoms with E-state index < -0.39 is 0 Å². The van der Waals surface area contributed by atoms with Crippen molar-refractivity contribution >= 4 is 27.9 Å². The molecule has 1 aromatic heterocycles. The first-order valence-corrected chi connectivity index (χ1v) is 7.88. The predicted octanol–water partition coefficient (Wildman–Crippen LogP) is 2.18. The Morgan fingerprint density at radius 2 is 2.05 bits per heavy atom. The summed E-state index contributed by atoms with van der Waals surface area (Å²) in [4.78, 5) is 16.5. The summed E-state index contributed by atoms with van der Waals surface area (Å²) < 4.78 is 0. The molecular weight excluding hydrogens is 272 g/mol. The monoisotopic (exact) mass is 298 g/mol. The third-order valence-electron chi connectivity index (χ3n) is 3.08. The van der Waals surface area contributed by atoms with Gasteiger partial charge in [-0.05, 0) is 25.6 Å². The van der Waals surface area contributed by atoms with E-state index in [9.17, 15) is 4.79 Å². The van der Waals surface area contributed by atoms with E-state index in [1.54, 1.807) is 19.0 Å². The summed E-state index contributed by atoms with van der Waals surface area (Å²) in [6, 6.07) is 1.84. The van der Waals surface area contributed by atoms with Crippen molar-refractivity contribution in [3.05, 3.63) is 10.9 Å². The van der Waals surface area contributed by atoms with Crippen LogP contribution in [0.2, 0.25) is 0 Å². The van der Waals surface area contributed by atoms with Crippen LogP contribution in [0.3, 0.4) is 0 Å². The lowest BCUT2D eigenvalue weighted by Crippen LogP contribution is -2.29. The van der Waals surface area contributed by atoms with Crippen molar-refractivity contribution in [3.63, 3.8) is 0 Å². The van der Waals surface area contributed by atoms with E-state index in [-0.39, 0.29) is 5.91 Å². The number of thiophene rings is 1. The lowest BCUT2D eigenvalue weighted by atomic mass is 10.3. The van der Waals surface area contributed by atoms with Gasteiger partial charge in [0.25, 0.3) is 5.91 Å². The summed E-state index contributed by atoms with van der Waals surface area (Å²) in [5.74, 6) is -0.0401. The summed E-state index contributed by atoms with van der Waals surface area (Å²) in [5.41, 5.74) is 6.45. The van der Waals surface area contributed by atoms with Crippen molar-refractivity contribution in [1.29, 1.82) is 0 Å². The molecule has 1 amide bonds. The number of likely N-dealkylation sites (N-methyl/N-ethyl adjacent to an activating group) is 1. The smallest absolute Gasteiger partial charge is 0.265 e. The van der Waals surface area contributed by atoms with Crippen LogP contribution in [0.15, 0.2) is 6.07 Å². The number of carbonyl (C=O) groups is 1. The first-order chi connectivity index (χ1) is 9.49. The van der Waals surface area contributed by atoms with Gasteiger partial charge in [0, 0.05) is 27.2 Å². The number of hydrogen-bond acceptors (Lipinski definition) is 5. The zero-order chi connectivity index (χ0) is 15.1. The second kappa shape index (κ2) is 8.11. The number of rotatable bonds is 8. The highest BCUT2D eigenvalue weighted by molar-refractivity contribution is 7.18. The third-order valence-corrected chi connectivity index (χ3v) is 4.17. The Balaban J connectivity index is 2.53. The summed E-state index contributed by atoms with van der Waals surface area (Å²) in [6.07, 6.45) is 1.17. The first kappa shape index (κ1) is 16.8. The van der Waals surface area contributed by atoms with Crippen LogP contribution >= 0.6 is 11.3 Å². The van der Waals surface area contributed by atoms with Crippen molar-refractivity contribution in [2.45, 2.75) is 20.3 Å². The molecule has 5 nitrogen and oxygen atoms in total. The molecule has 0 aliphatic carbocycles. The number of nitrogens with two attached hydrogens (primary N) is 1. The number of nitrogen functional groups attached to an aromatic ring is 1. The van der Waals surface area contributed by atoms with Crippen LogP contribution < -0.4 is 11.1 Å². The van der Waals surface area contributed by atoms with Crippen molar-refractivity contribution in [2.75, 3.05) is 51.3 Å². The van der Waals surface area contributed by atoms with Gasteiger partial charge in [0.15, 0.2) is 0 Å². The van der Waals surface area contributed by atoms with Crippen LogP contribution in [0.1, 0.15) is 29.9 Å². The van der Waals surface area contributed by atoms with E-state index in [0.29, 0.717) is 10.6 Å². The van der Waals surface area contributed by atoms with Gasteiger partial charge in [-0.25, -0.2) is 0 Å². The molecule has 6 heteroatoms. The molecule has 1 rings (SSSR count). The molecule has 1 heterocycles. The second-order valence-electron chi connectivity index (χ2n) is 4.96. The number of nitrogens with one attached hydrogen (secondary N) is 1. The Labute approximate surface area is 125 Å². The third kappa shape index (κ3) is 4.68. The maximum Gasteiger partial charge on any atom is 0.265 e. The van der Waals surface area contributed by atoms with Gasteiger partial charge < -0.3 is 20.9 Å². The van der Waals surface area contributed by atoms with Gasteiger partial charge in [-0.1, -0.05) is 13.8 Å². The van der Waals surface area contributed by atoms with Crippen molar-refractivity contribution in [1.82, 2.24) is 9.80 Å². The lowest BCUT2D eigenvalue weighted by molar-refractivity contribution is 0.0833. The fourth-order valence-electron chi connectivity index (χ4n) is 1.94. The molecule has 0 aliphatic heterocycles. The van der Waals surface area contributed by atoms with Crippen LogP contribution in [-0.2, 0) is 0 Å². The SMILES string of the molecule is CCCN(CC)CCNc1cc(N)c(C(=O)N(C)C)s1. The minimum absolute atomic E-state index is 0.0401. The molecule has 0 aliphatic rings. The highest BCUT2D eigenvalue weighted by Gasteiger charge is 2.15. The molecule has 0 unspecified atom stereocenters. The summed E-state index contributed by atoms with van der Waals surface area (Å²) >= 11 is 1.42. The Kier molecular flexibility index (Phi) is 6.81. The molecule has 0 fully saturated rings. The van der Waals surface area contributed by atoms with E-state index in [2.05, 4.69) is 24.1 Å². The largest absolute Gasteiger partial charge is 0.397 e. The maximum absolute atomic E-state index is 11.9. The average Bonchev–Trinajstić information content (AvgIpc) is 2.77. The number of nitrogens with zero attached hydrogens (tertiary/aromatic N) is 2. The van der Waals surface area contributed by atoms with Gasteiger partial charge in [-0.3, -0.25) is 4.79 Å². The van der Waals surface area contributed by atoms with E-state index in [4.69, 9.17) is 5.73 Å². The van der Waals surface area contributed by atoms with Gasteiger partial charge in [0.2, 0.25) is 0 Å². The minimum Gasteiger partial charge on any atom is -0.397 e. The van der Waals surface area contributed by atoms with Crippen LogP contribution in [0, 0.1) is 0 Å². The van der Waals surface area contributed by atoms with E-state index in [1.165, 1.54) is 17.8 Å². The standard InChI is InChI=1S/C14H26N4OS/c1-5-8-18(6-2)9-7-16-12-10-11(15)13(20-12)14(19)17(3)4/h10,16H,5-9,15H2,1-4H3. The second-order valence-corrected chi connectivity index (χ2v) is 6.01. The highest BCUT2D eigenvalue weighted by atomic mass is 32.1. The Bertz CT molecular complexity index is 431. The van der Waals surface area contributed by atoms with E-state index in [0.717, 1.165) is 31.2 Å². The molecule has 0 saturated carbocycles. The minimum atomic E-state index is -0.0401. The van der Waals surface area contributed by atoms with Gasteiger partial charge in [-0.2, -0.15) is 0 Å². The van der Waals surface area contributed by atoms with Crippen LogP contribution in [0.4, 0.5) is 10.7 Å². The van der Waals surface area contributed by atoms with Gasteiger partial charge >= 0.3 is 0 Å². The number of anilines is 2. The Morgan fingerprint density at radius 1 is 1.35 bits per heavy atom. The zero-order valence-electron chi connectivity index (χ0n) is 12.9. The first-order valence-electron chi connectivity index (χ1n) is 7.06. The Hall–Kier alpha value is -1.27. The van der Waals surface area contributed by atoms with E-state index in [1.807, 2.05) is 6.07 Å². The summed E-state index contributed by atoms with van der Waals surface area (Å²) in [5, 5.41) is 4.31. The summed E-state index contributed by atoms with van der Waals surface area (Å²) in [6.45, 7) is 8.41. The molecule has 0 spiro atoms. The quantitative estimate of drug-likeness (QED) is 0.772. The zero-order valence-corrected chi connectivity index (χ0v) is 13.7. The van der Waals surface area contributed by atoms with Crippen LogP contribution in [-0.4, -0.2) is 56.0 Å². The molecule has 0 aromatic carbocycles. The topological polar surface area (TPSA) is 61.6 Å². The van der Waals surface area contributed by atoms with Crippen LogP contribution in [0.5, 0.6) is 0 Å². The molecule has 20 heavy (non-hydrogen) atoms. The van der Waals surface area contributed by atoms with Crippen molar-refractivity contribution in [2.24, 2.45) is 0 Å². The number of amides is 1. The maximum atomic E-state index is 11.9. The predicted molar refractivity (Wildman–Crippen MR) is 87.6 cm³/mol. The van der Waals surface area contributed by atoms with Crippen molar-refractivity contribution in [3.8, 4) is 0 Å². The molecule has 0 saturated heterocycles. The molecule has 1 aromatic rings. The highest BCUT2D eigenvalue weighted by Crippen LogP contribution is 2.29. The molecule has 0 radical (unpaired) electrons. The molecular formula is C14H26N4OS. The lowest BCUT2D eigenvalue weighted by Gasteiger charge is -2.19.